The molecule has 0 spiro atoms. The molecule has 0 saturated heterocycles. The van der Waals surface area contributed by atoms with Gasteiger partial charge in [0, 0.05) is 6.08 Å². The van der Waals surface area contributed by atoms with Crippen LogP contribution in [0, 0.1) is 0 Å². The molecule has 0 aromatic heterocycles. The van der Waals surface area contributed by atoms with E-state index in [9.17, 15) is 9.90 Å². The highest BCUT2D eigenvalue weighted by Crippen LogP contribution is 2.25. The molecule has 1 rings (SSSR count). The average Bonchev–Trinajstić information content (AvgIpc) is 2.42. The molecular weight excluding hydrogens is 236 g/mol. The van der Waals surface area contributed by atoms with Gasteiger partial charge in [0.2, 0.25) is 0 Å². The van der Waals surface area contributed by atoms with Crippen molar-refractivity contribution in [3.8, 4) is 11.5 Å². The molecule has 1 aromatic rings. The first-order valence-electron chi connectivity index (χ1n) is 5.40. The third kappa shape index (κ3) is 4.47. The summed E-state index contributed by atoms with van der Waals surface area (Å²) < 4.78 is 15.1. The van der Waals surface area contributed by atoms with Crippen molar-refractivity contribution in [2.75, 3.05) is 20.3 Å². The van der Waals surface area contributed by atoms with Crippen LogP contribution in [0.2, 0.25) is 0 Å². The predicted octanol–water partition coefficient (Wildman–Crippen LogP) is 1.16. The third-order valence-corrected chi connectivity index (χ3v) is 2.08. The van der Waals surface area contributed by atoms with Gasteiger partial charge in [-0.25, -0.2) is 4.79 Å². The Kier molecular flexibility index (Phi) is 5.73. The number of benzene rings is 1. The van der Waals surface area contributed by atoms with E-state index in [2.05, 4.69) is 11.3 Å². The third-order valence-electron chi connectivity index (χ3n) is 2.08. The number of carbonyl (C=O) groups is 1. The Morgan fingerprint density at radius 1 is 1.39 bits per heavy atom. The highest BCUT2D eigenvalue weighted by molar-refractivity contribution is 5.81. The number of esters is 1. The number of ether oxygens (including phenoxy) is 3. The molecule has 0 bridgehead atoms. The number of para-hydroxylation sites is 2. The Bertz CT molecular complexity index is 402. The molecule has 0 aliphatic heterocycles. The van der Waals surface area contributed by atoms with Crippen LogP contribution in [0.15, 0.2) is 36.9 Å². The van der Waals surface area contributed by atoms with Crippen molar-refractivity contribution in [2.24, 2.45) is 0 Å². The fraction of sp³-hybridized carbons (Fsp3) is 0.308. The van der Waals surface area contributed by atoms with E-state index in [-0.39, 0.29) is 13.2 Å². The average molecular weight is 252 g/mol. The lowest BCUT2D eigenvalue weighted by Crippen LogP contribution is -2.24. The van der Waals surface area contributed by atoms with Gasteiger partial charge in [-0.1, -0.05) is 18.7 Å². The molecule has 0 aliphatic carbocycles. The molecule has 1 N–H and O–H groups in total. The van der Waals surface area contributed by atoms with Crippen molar-refractivity contribution >= 4 is 5.97 Å². The molecule has 0 unspecified atom stereocenters. The van der Waals surface area contributed by atoms with Crippen LogP contribution in [-0.4, -0.2) is 37.5 Å². The first-order valence-corrected chi connectivity index (χ1v) is 5.40. The van der Waals surface area contributed by atoms with Crippen molar-refractivity contribution < 1.29 is 24.1 Å². The monoisotopic (exact) mass is 252 g/mol. The second kappa shape index (κ2) is 7.34. The van der Waals surface area contributed by atoms with Gasteiger partial charge in [0.15, 0.2) is 11.5 Å². The summed E-state index contributed by atoms with van der Waals surface area (Å²) in [5.41, 5.74) is 0. The van der Waals surface area contributed by atoms with Crippen LogP contribution < -0.4 is 9.47 Å². The van der Waals surface area contributed by atoms with Gasteiger partial charge in [0.05, 0.1) is 7.11 Å². The van der Waals surface area contributed by atoms with Gasteiger partial charge in [-0.2, -0.15) is 0 Å². The van der Waals surface area contributed by atoms with Gasteiger partial charge in [-0.3, -0.25) is 0 Å². The highest BCUT2D eigenvalue weighted by Gasteiger charge is 2.09. The maximum absolute atomic E-state index is 10.8. The fourth-order valence-corrected chi connectivity index (χ4v) is 1.21. The Balaban J connectivity index is 2.40. The number of hydrogen-bond acceptors (Lipinski definition) is 5. The number of aliphatic hydroxyl groups is 1. The van der Waals surface area contributed by atoms with E-state index >= 15 is 0 Å². The molecule has 0 fully saturated rings. The van der Waals surface area contributed by atoms with Crippen molar-refractivity contribution in [1.82, 2.24) is 0 Å². The Labute approximate surface area is 106 Å². The van der Waals surface area contributed by atoms with Crippen molar-refractivity contribution in [1.29, 1.82) is 0 Å². The van der Waals surface area contributed by atoms with Crippen molar-refractivity contribution in [3.05, 3.63) is 36.9 Å². The molecule has 1 atom stereocenters. The summed E-state index contributed by atoms with van der Waals surface area (Å²) >= 11 is 0. The molecule has 5 heteroatoms. The molecule has 0 radical (unpaired) electrons. The van der Waals surface area contributed by atoms with E-state index < -0.39 is 12.1 Å². The van der Waals surface area contributed by atoms with E-state index in [1.807, 2.05) is 6.07 Å². The number of aliphatic hydroxyl groups excluding tert-OH is 1. The van der Waals surface area contributed by atoms with Crippen LogP contribution in [0.25, 0.3) is 0 Å². The zero-order valence-corrected chi connectivity index (χ0v) is 10.2. The van der Waals surface area contributed by atoms with E-state index in [1.54, 1.807) is 18.2 Å². The summed E-state index contributed by atoms with van der Waals surface area (Å²) in [6, 6.07) is 7.08. The SMILES string of the molecule is C=CC(=O)OC[C@@H](O)COc1ccccc1OC. The number of hydrogen-bond donors (Lipinski definition) is 1. The zero-order valence-electron chi connectivity index (χ0n) is 10.2. The molecule has 5 nitrogen and oxygen atoms in total. The summed E-state index contributed by atoms with van der Waals surface area (Å²) in [6.07, 6.45) is 0.132. The van der Waals surface area contributed by atoms with Crippen LogP contribution in [0.4, 0.5) is 0 Å². The summed E-state index contributed by atoms with van der Waals surface area (Å²) in [5.74, 6) is 0.522. The first kappa shape index (κ1) is 14.1. The normalized spacial score (nSPS) is 11.4. The standard InChI is InChI=1S/C13H16O5/c1-3-13(15)18-9-10(14)8-17-12-7-5-4-6-11(12)16-2/h3-7,10,14H,1,8-9H2,2H3/t10-/m0/s1. The van der Waals surface area contributed by atoms with Gasteiger partial charge >= 0.3 is 5.97 Å². The lowest BCUT2D eigenvalue weighted by Gasteiger charge is -2.14. The Morgan fingerprint density at radius 2 is 2.06 bits per heavy atom. The minimum absolute atomic E-state index is 0.00476. The van der Waals surface area contributed by atoms with E-state index in [4.69, 9.17) is 9.47 Å². The summed E-state index contributed by atoms with van der Waals surface area (Å²) in [4.78, 5) is 10.8. The minimum Gasteiger partial charge on any atom is -0.493 e. The lowest BCUT2D eigenvalue weighted by atomic mass is 10.3. The van der Waals surface area contributed by atoms with E-state index in [1.165, 1.54) is 7.11 Å². The maximum Gasteiger partial charge on any atom is 0.330 e. The second-order valence-corrected chi connectivity index (χ2v) is 3.45. The van der Waals surface area contributed by atoms with E-state index in [0.29, 0.717) is 11.5 Å². The van der Waals surface area contributed by atoms with Crippen LogP contribution in [0.5, 0.6) is 11.5 Å². The molecule has 1 aromatic carbocycles. The molecule has 0 amide bonds. The molecule has 0 aliphatic rings. The van der Waals surface area contributed by atoms with Crippen LogP contribution in [0.3, 0.4) is 0 Å². The lowest BCUT2D eigenvalue weighted by molar-refractivity contribution is -0.141. The molecule has 18 heavy (non-hydrogen) atoms. The number of carbonyl (C=O) groups excluding carboxylic acids is 1. The molecular formula is C13H16O5. The van der Waals surface area contributed by atoms with Gasteiger partial charge in [-0.05, 0) is 12.1 Å². The smallest absolute Gasteiger partial charge is 0.330 e. The predicted molar refractivity (Wildman–Crippen MR) is 65.7 cm³/mol. The highest BCUT2D eigenvalue weighted by atomic mass is 16.6. The zero-order chi connectivity index (χ0) is 13.4. The van der Waals surface area contributed by atoms with Gasteiger partial charge in [0.25, 0.3) is 0 Å². The quantitative estimate of drug-likeness (QED) is 0.583. The maximum atomic E-state index is 10.8. The molecule has 98 valence electrons. The van der Waals surface area contributed by atoms with Crippen molar-refractivity contribution in [2.45, 2.75) is 6.10 Å². The van der Waals surface area contributed by atoms with Gasteiger partial charge < -0.3 is 19.3 Å². The van der Waals surface area contributed by atoms with Crippen LogP contribution >= 0.6 is 0 Å². The Morgan fingerprint density at radius 3 is 2.67 bits per heavy atom. The van der Waals surface area contributed by atoms with Crippen LogP contribution in [-0.2, 0) is 9.53 Å². The van der Waals surface area contributed by atoms with E-state index in [0.717, 1.165) is 6.08 Å². The summed E-state index contributed by atoms with van der Waals surface area (Å²) in [7, 11) is 1.53. The summed E-state index contributed by atoms with van der Waals surface area (Å²) in [5, 5.41) is 9.54. The van der Waals surface area contributed by atoms with Crippen LogP contribution in [0.1, 0.15) is 0 Å². The first-order chi connectivity index (χ1) is 8.67. The fourth-order valence-electron chi connectivity index (χ4n) is 1.21. The van der Waals surface area contributed by atoms with Crippen molar-refractivity contribution in [3.63, 3.8) is 0 Å². The minimum atomic E-state index is -0.904. The molecule has 0 saturated carbocycles. The Hall–Kier alpha value is -2.01. The second-order valence-electron chi connectivity index (χ2n) is 3.45. The van der Waals surface area contributed by atoms with Gasteiger partial charge in [-0.15, -0.1) is 0 Å². The largest absolute Gasteiger partial charge is 0.493 e. The number of methoxy groups -OCH3 is 1. The molecule has 0 heterocycles. The number of rotatable bonds is 7. The van der Waals surface area contributed by atoms with Gasteiger partial charge in [0.1, 0.15) is 19.3 Å². The topological polar surface area (TPSA) is 65.0 Å². The summed E-state index contributed by atoms with van der Waals surface area (Å²) in [6.45, 7) is 3.12.